The van der Waals surface area contributed by atoms with E-state index in [0.717, 1.165) is 0 Å². The minimum atomic E-state index is -2.00. The highest BCUT2D eigenvalue weighted by atomic mass is 16.4. The molecule has 5 heteroatoms. The van der Waals surface area contributed by atoms with Gasteiger partial charge < -0.3 is 10.2 Å². The lowest BCUT2D eigenvalue weighted by Crippen LogP contribution is -2.42. The van der Waals surface area contributed by atoms with E-state index >= 15 is 0 Å². The summed E-state index contributed by atoms with van der Waals surface area (Å²) in [5.74, 6) is -3.07. The maximum absolute atomic E-state index is 12.5. The molecule has 0 spiro atoms. The van der Waals surface area contributed by atoms with Crippen LogP contribution in [0.25, 0.3) is 0 Å². The fourth-order valence-electron chi connectivity index (χ4n) is 2.68. The third-order valence-electron chi connectivity index (χ3n) is 4.23. The average Bonchev–Trinajstić information content (AvgIpc) is 2.49. The molecule has 0 bridgehead atoms. The van der Waals surface area contributed by atoms with Crippen LogP contribution in [0.15, 0.2) is 53.1 Å². The first kappa shape index (κ1) is 15.7. The summed E-state index contributed by atoms with van der Waals surface area (Å²) >= 11 is 0. The summed E-state index contributed by atoms with van der Waals surface area (Å²) in [4.78, 5) is 35.5. The number of benzene rings is 1. The zero-order chi connectivity index (χ0) is 16.5. The lowest BCUT2D eigenvalue weighted by molar-refractivity contribution is -0.161. The van der Waals surface area contributed by atoms with E-state index in [-0.39, 0.29) is 17.8 Å². The SMILES string of the molecule is CC1=C(C)C(C(=O)O)(C(=O)O)CC=C1C(=O)c1ccccc1. The van der Waals surface area contributed by atoms with Crippen molar-refractivity contribution in [2.75, 3.05) is 0 Å². The third kappa shape index (κ3) is 2.24. The van der Waals surface area contributed by atoms with Crippen LogP contribution < -0.4 is 0 Å². The second-order valence-corrected chi connectivity index (χ2v) is 5.28. The van der Waals surface area contributed by atoms with E-state index in [4.69, 9.17) is 0 Å². The van der Waals surface area contributed by atoms with E-state index in [1.807, 2.05) is 0 Å². The molecule has 1 aromatic carbocycles. The Labute approximate surface area is 127 Å². The summed E-state index contributed by atoms with van der Waals surface area (Å²) in [7, 11) is 0. The van der Waals surface area contributed by atoms with Gasteiger partial charge >= 0.3 is 11.9 Å². The summed E-state index contributed by atoms with van der Waals surface area (Å²) in [6.45, 7) is 3.05. The quantitative estimate of drug-likeness (QED) is 0.659. The Morgan fingerprint density at radius 2 is 1.55 bits per heavy atom. The van der Waals surface area contributed by atoms with E-state index < -0.39 is 17.4 Å². The number of ketones is 1. The van der Waals surface area contributed by atoms with Crippen molar-refractivity contribution >= 4 is 17.7 Å². The summed E-state index contributed by atoms with van der Waals surface area (Å²) < 4.78 is 0. The van der Waals surface area contributed by atoms with Gasteiger partial charge in [0.25, 0.3) is 0 Å². The van der Waals surface area contributed by atoms with Gasteiger partial charge in [-0.1, -0.05) is 36.4 Å². The molecule has 2 rings (SSSR count). The van der Waals surface area contributed by atoms with Crippen molar-refractivity contribution in [1.82, 2.24) is 0 Å². The van der Waals surface area contributed by atoms with Crippen molar-refractivity contribution in [1.29, 1.82) is 0 Å². The number of carboxylic acid groups (broad SMARTS) is 2. The third-order valence-corrected chi connectivity index (χ3v) is 4.23. The topological polar surface area (TPSA) is 91.7 Å². The van der Waals surface area contributed by atoms with E-state index in [1.165, 1.54) is 13.0 Å². The molecule has 114 valence electrons. The molecular weight excluding hydrogens is 284 g/mol. The number of Topliss-reactive ketones (excluding diaryl/α,β-unsaturated/α-hetero) is 1. The van der Waals surface area contributed by atoms with Gasteiger partial charge in [0.1, 0.15) is 0 Å². The number of rotatable bonds is 4. The second-order valence-electron chi connectivity index (χ2n) is 5.28. The number of carbonyl (C=O) groups excluding carboxylic acids is 1. The van der Waals surface area contributed by atoms with E-state index in [1.54, 1.807) is 37.3 Å². The number of allylic oxidation sites excluding steroid dienone is 3. The molecular formula is C17H16O5. The van der Waals surface area contributed by atoms with Crippen LogP contribution in [-0.4, -0.2) is 27.9 Å². The minimum absolute atomic E-state index is 0.189. The van der Waals surface area contributed by atoms with Gasteiger partial charge in [0.2, 0.25) is 0 Å². The zero-order valence-corrected chi connectivity index (χ0v) is 12.3. The maximum Gasteiger partial charge on any atom is 0.325 e. The van der Waals surface area contributed by atoms with Crippen molar-refractivity contribution in [2.24, 2.45) is 5.41 Å². The first-order chi connectivity index (χ1) is 10.3. The number of hydrogen-bond acceptors (Lipinski definition) is 3. The fraction of sp³-hybridized carbons (Fsp3) is 0.235. The van der Waals surface area contributed by atoms with Crippen molar-refractivity contribution in [3.05, 3.63) is 58.7 Å². The highest BCUT2D eigenvalue weighted by Crippen LogP contribution is 2.41. The van der Waals surface area contributed by atoms with Crippen molar-refractivity contribution < 1.29 is 24.6 Å². The van der Waals surface area contributed by atoms with Gasteiger partial charge in [-0.25, -0.2) is 0 Å². The van der Waals surface area contributed by atoms with Gasteiger partial charge in [-0.3, -0.25) is 14.4 Å². The lowest BCUT2D eigenvalue weighted by atomic mass is 9.70. The predicted molar refractivity (Wildman–Crippen MR) is 79.6 cm³/mol. The molecule has 1 aliphatic carbocycles. The Morgan fingerprint density at radius 1 is 1.00 bits per heavy atom. The summed E-state index contributed by atoms with van der Waals surface area (Å²) in [5, 5.41) is 18.7. The van der Waals surface area contributed by atoms with Crippen LogP contribution in [-0.2, 0) is 9.59 Å². The van der Waals surface area contributed by atoms with Crippen molar-refractivity contribution in [3.8, 4) is 0 Å². The molecule has 1 aromatic rings. The second kappa shape index (κ2) is 5.60. The average molecular weight is 300 g/mol. The van der Waals surface area contributed by atoms with E-state index in [9.17, 15) is 24.6 Å². The Bertz CT molecular complexity index is 696. The molecule has 0 heterocycles. The van der Waals surface area contributed by atoms with Gasteiger partial charge in [-0.15, -0.1) is 0 Å². The standard InChI is InChI=1S/C17H16O5/c1-10-11(2)17(15(19)20,16(21)22)9-8-13(10)14(18)12-6-4-3-5-7-12/h3-8H,9H2,1-2H3,(H,19,20)(H,21,22). The molecule has 0 saturated heterocycles. The van der Waals surface area contributed by atoms with Crippen LogP contribution in [0.4, 0.5) is 0 Å². The largest absolute Gasteiger partial charge is 0.480 e. The summed E-state index contributed by atoms with van der Waals surface area (Å²) in [6, 6.07) is 8.60. The summed E-state index contributed by atoms with van der Waals surface area (Å²) in [5.41, 5.74) is -0.551. The minimum Gasteiger partial charge on any atom is -0.480 e. The molecule has 22 heavy (non-hydrogen) atoms. The monoisotopic (exact) mass is 300 g/mol. The molecule has 5 nitrogen and oxygen atoms in total. The molecule has 0 radical (unpaired) electrons. The van der Waals surface area contributed by atoms with Gasteiger partial charge in [0, 0.05) is 11.1 Å². The molecule has 0 fully saturated rings. The Hall–Kier alpha value is -2.69. The summed E-state index contributed by atoms with van der Waals surface area (Å²) in [6.07, 6.45) is 1.18. The maximum atomic E-state index is 12.5. The van der Waals surface area contributed by atoms with Gasteiger partial charge in [0.05, 0.1) is 0 Å². The van der Waals surface area contributed by atoms with Crippen LogP contribution in [0.3, 0.4) is 0 Å². The normalized spacial score (nSPS) is 16.9. The number of aliphatic carboxylic acids is 2. The molecule has 0 saturated carbocycles. The molecule has 1 aliphatic rings. The van der Waals surface area contributed by atoms with Gasteiger partial charge in [0.15, 0.2) is 11.2 Å². The number of carbonyl (C=O) groups is 3. The van der Waals surface area contributed by atoms with Crippen molar-refractivity contribution in [3.63, 3.8) is 0 Å². The predicted octanol–water partition coefficient (Wildman–Crippen LogP) is 2.69. The molecule has 0 unspecified atom stereocenters. The Kier molecular flexibility index (Phi) is 3.99. The fourth-order valence-corrected chi connectivity index (χ4v) is 2.68. The molecule has 0 aliphatic heterocycles. The first-order valence-corrected chi connectivity index (χ1v) is 6.77. The van der Waals surface area contributed by atoms with Gasteiger partial charge in [-0.05, 0) is 31.4 Å². The smallest absolute Gasteiger partial charge is 0.325 e. The van der Waals surface area contributed by atoms with Gasteiger partial charge in [-0.2, -0.15) is 0 Å². The lowest BCUT2D eigenvalue weighted by Gasteiger charge is -2.30. The van der Waals surface area contributed by atoms with Crippen LogP contribution in [0.5, 0.6) is 0 Å². The van der Waals surface area contributed by atoms with Crippen LogP contribution in [0.1, 0.15) is 30.6 Å². The highest BCUT2D eigenvalue weighted by molar-refractivity contribution is 6.13. The molecule has 0 atom stereocenters. The molecule has 2 N–H and O–H groups in total. The van der Waals surface area contributed by atoms with Crippen LogP contribution in [0, 0.1) is 5.41 Å². The van der Waals surface area contributed by atoms with E-state index in [2.05, 4.69) is 0 Å². The number of carboxylic acids is 2. The van der Waals surface area contributed by atoms with Crippen molar-refractivity contribution in [2.45, 2.75) is 20.3 Å². The first-order valence-electron chi connectivity index (χ1n) is 6.77. The molecule has 0 amide bonds. The number of hydrogen-bond donors (Lipinski definition) is 2. The zero-order valence-electron chi connectivity index (χ0n) is 12.3. The van der Waals surface area contributed by atoms with Crippen LogP contribution >= 0.6 is 0 Å². The van der Waals surface area contributed by atoms with E-state index in [0.29, 0.717) is 16.7 Å². The Balaban J connectivity index is 2.49. The molecule has 0 aromatic heterocycles. The highest BCUT2D eigenvalue weighted by Gasteiger charge is 2.50. The Morgan fingerprint density at radius 3 is 2.05 bits per heavy atom. The van der Waals surface area contributed by atoms with Crippen LogP contribution in [0.2, 0.25) is 0 Å².